The summed E-state index contributed by atoms with van der Waals surface area (Å²) in [5.41, 5.74) is -0.414. The van der Waals surface area contributed by atoms with Crippen molar-refractivity contribution in [2.45, 2.75) is 112 Å². The van der Waals surface area contributed by atoms with Crippen molar-refractivity contribution in [1.82, 2.24) is 0 Å². The van der Waals surface area contributed by atoms with Crippen molar-refractivity contribution in [3.8, 4) is 0 Å². The fraction of sp³-hybridized carbons (Fsp3) is 0.875. The zero-order valence-electron chi connectivity index (χ0n) is 24.5. The molecular weight excluding hydrogens is 480 g/mol. The molecule has 6 nitrogen and oxygen atoms in total. The van der Waals surface area contributed by atoms with Crippen LogP contribution < -0.4 is 0 Å². The lowest BCUT2D eigenvalue weighted by Crippen LogP contribution is -2.68. The van der Waals surface area contributed by atoms with Crippen LogP contribution in [-0.2, 0) is 14.3 Å². The van der Waals surface area contributed by atoms with Gasteiger partial charge in [0.2, 0.25) is 0 Å². The maximum atomic E-state index is 12.9. The second kappa shape index (κ2) is 8.80. The van der Waals surface area contributed by atoms with Crippen molar-refractivity contribution in [3.63, 3.8) is 0 Å². The lowest BCUT2D eigenvalue weighted by atomic mass is 9.33. The number of hydrogen-bond acceptors (Lipinski definition) is 5. The number of allylic oxidation sites excluding steroid dienone is 2. The molecule has 0 amide bonds. The van der Waals surface area contributed by atoms with E-state index in [0.29, 0.717) is 18.3 Å². The molecule has 0 radical (unpaired) electrons. The van der Waals surface area contributed by atoms with E-state index in [9.17, 15) is 24.9 Å². The zero-order valence-corrected chi connectivity index (χ0v) is 24.5. The molecule has 3 N–H and O–H groups in total. The Morgan fingerprint density at radius 2 is 1.71 bits per heavy atom. The van der Waals surface area contributed by atoms with Gasteiger partial charge in [0.1, 0.15) is 6.10 Å². The molecule has 0 saturated heterocycles. The SMILES string of the molecule is CC(=O)O[C@@H]1C[C@@]2(C)[C@@H](CC[C@]3(C)[C@@H]2CC=C2[C@@H]4[C@@H](C)[C@H](C)CC[C@]4(C(=O)O)CC[C@]23C)[C@](C)(CO)[C@H]1O. The van der Waals surface area contributed by atoms with Crippen LogP contribution in [0.2, 0.25) is 0 Å². The summed E-state index contributed by atoms with van der Waals surface area (Å²) in [5, 5.41) is 32.6. The van der Waals surface area contributed by atoms with E-state index >= 15 is 0 Å². The first kappa shape index (κ1) is 28.1. The van der Waals surface area contributed by atoms with E-state index in [1.165, 1.54) is 12.5 Å². The lowest BCUT2D eigenvalue weighted by molar-refractivity contribution is -0.248. The Labute approximate surface area is 228 Å². The van der Waals surface area contributed by atoms with E-state index < -0.39 is 35.0 Å². The summed E-state index contributed by atoms with van der Waals surface area (Å²) in [7, 11) is 0. The minimum atomic E-state index is -0.903. The van der Waals surface area contributed by atoms with Crippen LogP contribution in [0.1, 0.15) is 99.8 Å². The van der Waals surface area contributed by atoms with E-state index in [2.05, 4.69) is 40.7 Å². The fourth-order valence-corrected chi connectivity index (χ4v) is 11.3. The number of carbonyl (C=O) groups is 2. The van der Waals surface area contributed by atoms with Gasteiger partial charge in [-0.05, 0) is 97.2 Å². The van der Waals surface area contributed by atoms with Gasteiger partial charge in [0.15, 0.2) is 0 Å². The fourth-order valence-electron chi connectivity index (χ4n) is 11.3. The molecule has 12 atom stereocenters. The first-order chi connectivity index (χ1) is 17.6. The Morgan fingerprint density at radius 1 is 1.03 bits per heavy atom. The molecule has 0 aromatic rings. The normalized spacial score (nSPS) is 53.9. The monoisotopic (exact) mass is 530 g/mol. The Morgan fingerprint density at radius 3 is 2.32 bits per heavy atom. The van der Waals surface area contributed by atoms with Crippen LogP contribution in [0.5, 0.6) is 0 Å². The van der Waals surface area contributed by atoms with E-state index in [1.54, 1.807) is 0 Å². The first-order valence-electron chi connectivity index (χ1n) is 15.0. The summed E-state index contributed by atoms with van der Waals surface area (Å²) in [5.74, 6) is 0.274. The summed E-state index contributed by atoms with van der Waals surface area (Å²) in [6.45, 7) is 15.0. The molecular formula is C32H50O6. The van der Waals surface area contributed by atoms with Crippen molar-refractivity contribution in [2.24, 2.45) is 56.7 Å². The molecule has 0 aliphatic heterocycles. The third kappa shape index (κ3) is 3.37. The molecule has 0 aromatic heterocycles. The summed E-state index contributed by atoms with van der Waals surface area (Å²) in [4.78, 5) is 24.9. The highest BCUT2D eigenvalue weighted by molar-refractivity contribution is 5.76. The number of esters is 1. The second-order valence-electron chi connectivity index (χ2n) is 15.1. The Bertz CT molecular complexity index is 1040. The van der Waals surface area contributed by atoms with Gasteiger partial charge in [-0.25, -0.2) is 0 Å². The van der Waals surface area contributed by atoms with E-state index in [0.717, 1.165) is 44.9 Å². The minimum absolute atomic E-state index is 0.0488. The summed E-state index contributed by atoms with van der Waals surface area (Å²) in [6, 6.07) is 0. The minimum Gasteiger partial charge on any atom is -0.481 e. The van der Waals surface area contributed by atoms with Crippen LogP contribution in [0, 0.1) is 56.7 Å². The van der Waals surface area contributed by atoms with Crippen molar-refractivity contribution >= 4 is 11.9 Å². The molecule has 5 aliphatic rings. The number of aliphatic hydroxyl groups excluding tert-OH is 2. The van der Waals surface area contributed by atoms with Crippen LogP contribution in [0.4, 0.5) is 0 Å². The molecule has 4 fully saturated rings. The number of rotatable bonds is 3. The lowest BCUT2D eigenvalue weighted by Gasteiger charge is -2.71. The molecule has 4 saturated carbocycles. The molecule has 6 heteroatoms. The van der Waals surface area contributed by atoms with Gasteiger partial charge in [0.05, 0.1) is 18.1 Å². The number of hydrogen-bond donors (Lipinski definition) is 3. The van der Waals surface area contributed by atoms with Gasteiger partial charge in [-0.3, -0.25) is 9.59 Å². The molecule has 38 heavy (non-hydrogen) atoms. The van der Waals surface area contributed by atoms with Gasteiger partial charge in [0, 0.05) is 12.3 Å². The Kier molecular flexibility index (Phi) is 6.52. The summed E-state index contributed by atoms with van der Waals surface area (Å²) >= 11 is 0. The van der Waals surface area contributed by atoms with Crippen molar-refractivity contribution in [2.75, 3.05) is 6.61 Å². The number of carboxylic acid groups (broad SMARTS) is 1. The van der Waals surface area contributed by atoms with Gasteiger partial charge in [-0.1, -0.05) is 53.2 Å². The van der Waals surface area contributed by atoms with Crippen molar-refractivity contribution in [1.29, 1.82) is 0 Å². The average Bonchev–Trinajstić information content (AvgIpc) is 2.84. The van der Waals surface area contributed by atoms with Crippen LogP contribution >= 0.6 is 0 Å². The average molecular weight is 531 g/mol. The van der Waals surface area contributed by atoms with Crippen LogP contribution in [0.15, 0.2) is 11.6 Å². The smallest absolute Gasteiger partial charge is 0.310 e. The topological polar surface area (TPSA) is 104 Å². The van der Waals surface area contributed by atoms with Gasteiger partial charge in [-0.2, -0.15) is 0 Å². The molecule has 5 aliphatic carbocycles. The van der Waals surface area contributed by atoms with Gasteiger partial charge in [0.25, 0.3) is 0 Å². The van der Waals surface area contributed by atoms with Crippen molar-refractivity contribution < 1.29 is 29.6 Å². The molecule has 0 heterocycles. The van der Waals surface area contributed by atoms with Crippen molar-refractivity contribution in [3.05, 3.63) is 11.6 Å². The van der Waals surface area contributed by atoms with Gasteiger partial charge >= 0.3 is 11.9 Å². The molecule has 0 unspecified atom stereocenters. The van der Waals surface area contributed by atoms with Crippen LogP contribution in [-0.4, -0.2) is 46.1 Å². The van der Waals surface area contributed by atoms with E-state index in [-0.39, 0.29) is 40.6 Å². The first-order valence-corrected chi connectivity index (χ1v) is 15.0. The quantitative estimate of drug-likeness (QED) is 0.324. The number of aliphatic carboxylic acids is 1. The largest absolute Gasteiger partial charge is 0.481 e. The maximum absolute atomic E-state index is 12.9. The predicted molar refractivity (Wildman–Crippen MR) is 145 cm³/mol. The van der Waals surface area contributed by atoms with E-state index in [1.807, 2.05) is 6.92 Å². The highest BCUT2D eigenvalue weighted by atomic mass is 16.6. The Hall–Kier alpha value is -1.40. The van der Waals surface area contributed by atoms with Gasteiger partial charge < -0.3 is 20.1 Å². The number of carbonyl (C=O) groups excluding carboxylic acids is 1. The molecule has 0 bridgehead atoms. The number of aliphatic hydroxyl groups is 2. The second-order valence-corrected chi connectivity index (χ2v) is 15.1. The zero-order chi connectivity index (χ0) is 28.1. The number of carboxylic acids is 1. The maximum Gasteiger partial charge on any atom is 0.310 e. The highest BCUT2D eigenvalue weighted by Crippen LogP contribution is 2.75. The number of fused-ring (bicyclic) bond motifs is 7. The van der Waals surface area contributed by atoms with E-state index in [4.69, 9.17) is 4.74 Å². The molecule has 214 valence electrons. The Balaban J connectivity index is 1.62. The summed E-state index contributed by atoms with van der Waals surface area (Å²) < 4.78 is 5.71. The molecule has 5 rings (SSSR count). The summed E-state index contributed by atoms with van der Waals surface area (Å²) in [6.07, 6.45) is 7.57. The highest BCUT2D eigenvalue weighted by Gasteiger charge is 2.71. The molecule has 0 aromatic carbocycles. The number of ether oxygens (including phenoxy) is 1. The standard InChI is InChI=1S/C32H50O6/c1-18-10-13-32(27(36)37)15-14-30(6)21(25(32)19(18)2)8-9-24-28(4)16-22(38-20(3)34)26(35)29(5,17-33)23(28)11-12-31(24,30)7/h8,18-19,22-26,33,35H,9-17H2,1-7H3,(H,36,37)/t18-,19+,22-,23-,24-,25+,26+,28+,29+,30-,31-,32+/m1/s1. The van der Waals surface area contributed by atoms with Crippen LogP contribution in [0.3, 0.4) is 0 Å². The van der Waals surface area contributed by atoms with Crippen LogP contribution in [0.25, 0.3) is 0 Å². The third-order valence-electron chi connectivity index (χ3n) is 13.8. The predicted octanol–water partition coefficient (Wildman–Crippen LogP) is 5.60. The van der Waals surface area contributed by atoms with Gasteiger partial charge in [-0.15, -0.1) is 0 Å². The molecule has 0 spiro atoms. The third-order valence-corrected chi connectivity index (χ3v) is 13.8.